The highest BCUT2D eigenvalue weighted by molar-refractivity contribution is 6.67. The Labute approximate surface area is 132 Å². The molecule has 0 aliphatic heterocycles. The predicted molar refractivity (Wildman–Crippen MR) is 89.9 cm³/mol. The van der Waals surface area contributed by atoms with E-state index in [1.165, 1.54) is 0 Å². The van der Waals surface area contributed by atoms with Crippen LogP contribution in [0.3, 0.4) is 0 Å². The summed E-state index contributed by atoms with van der Waals surface area (Å²) in [6, 6.07) is 1.95. The minimum absolute atomic E-state index is 0.178. The molecule has 0 aromatic carbocycles. The van der Waals surface area contributed by atoms with Crippen molar-refractivity contribution in [2.45, 2.75) is 53.6 Å². The molecule has 0 aliphatic carbocycles. The maximum Gasteiger partial charge on any atom is 0.339 e. The van der Waals surface area contributed by atoms with Crippen LogP contribution in [0.15, 0.2) is 0 Å². The molecule has 0 atom stereocenters. The molecule has 128 valence electrons. The quantitative estimate of drug-likeness (QED) is 0.452. The first-order valence-electron chi connectivity index (χ1n) is 7.79. The van der Waals surface area contributed by atoms with Crippen LogP contribution in [0, 0.1) is 10.8 Å². The summed E-state index contributed by atoms with van der Waals surface area (Å²) in [5.41, 5.74) is 0.356. The smallest absolute Gasteiger partial charge is 0.339 e. The Balaban J connectivity index is 5.05. The van der Waals surface area contributed by atoms with Crippen molar-refractivity contribution in [2.24, 2.45) is 10.8 Å². The van der Waals surface area contributed by atoms with Crippen LogP contribution in [0.1, 0.15) is 41.5 Å². The van der Waals surface area contributed by atoms with Crippen molar-refractivity contribution >= 4 is 8.56 Å². The van der Waals surface area contributed by atoms with Gasteiger partial charge in [-0.05, 0) is 22.9 Å². The molecule has 0 amide bonds. The molecular weight excluding hydrogens is 284 g/mol. The second-order valence-corrected chi connectivity index (χ2v) is 11.2. The third kappa shape index (κ3) is 11.3. The number of rotatable bonds is 10. The molecule has 0 spiro atoms. The monoisotopic (exact) mass is 320 g/mol. The molecule has 0 saturated heterocycles. The Morgan fingerprint density at radius 1 is 0.619 bits per heavy atom. The molecule has 21 heavy (non-hydrogen) atoms. The number of ether oxygens (including phenoxy) is 2. The van der Waals surface area contributed by atoms with Gasteiger partial charge in [0.15, 0.2) is 0 Å². The Morgan fingerprint density at radius 2 is 0.952 bits per heavy atom. The molecule has 4 nitrogen and oxygen atoms in total. The van der Waals surface area contributed by atoms with E-state index in [0.717, 1.165) is 12.1 Å². The molecule has 0 aromatic rings. The van der Waals surface area contributed by atoms with Crippen molar-refractivity contribution in [2.75, 3.05) is 40.6 Å². The lowest BCUT2D eigenvalue weighted by atomic mass is 10.00. The van der Waals surface area contributed by atoms with Gasteiger partial charge in [0.1, 0.15) is 0 Å². The second-order valence-electron chi connectivity index (χ2n) is 8.07. The summed E-state index contributed by atoms with van der Waals surface area (Å²) in [5.74, 6) is 0. The molecule has 0 radical (unpaired) electrons. The lowest BCUT2D eigenvalue weighted by Gasteiger charge is -2.39. The lowest BCUT2D eigenvalue weighted by Crippen LogP contribution is -2.49. The highest BCUT2D eigenvalue weighted by atomic mass is 28.4. The molecule has 0 unspecified atom stereocenters. The van der Waals surface area contributed by atoms with Crippen LogP contribution >= 0.6 is 0 Å². The molecule has 0 fully saturated rings. The van der Waals surface area contributed by atoms with Crippen molar-refractivity contribution in [1.29, 1.82) is 0 Å². The van der Waals surface area contributed by atoms with Gasteiger partial charge in [-0.3, -0.25) is 0 Å². The Kier molecular flexibility index (Phi) is 9.28. The topological polar surface area (TPSA) is 36.9 Å². The van der Waals surface area contributed by atoms with E-state index in [1.54, 1.807) is 14.2 Å². The fourth-order valence-corrected chi connectivity index (χ4v) is 7.31. The highest BCUT2D eigenvalue weighted by Gasteiger charge is 2.44. The van der Waals surface area contributed by atoms with E-state index < -0.39 is 8.56 Å². The third-order valence-corrected chi connectivity index (χ3v) is 7.56. The standard InChI is InChI=1S/C16H36O4Si/c1-15(2,3)13-21(14-16(4,5)6,19-11-9-17-7)20-12-10-18-8/h9-14H2,1-8H3. The molecule has 5 heteroatoms. The van der Waals surface area contributed by atoms with Crippen LogP contribution in [0.5, 0.6) is 0 Å². The van der Waals surface area contributed by atoms with Crippen molar-refractivity contribution < 1.29 is 18.3 Å². The summed E-state index contributed by atoms with van der Waals surface area (Å²) >= 11 is 0. The van der Waals surface area contributed by atoms with Gasteiger partial charge in [-0.25, -0.2) is 0 Å². The second kappa shape index (κ2) is 9.25. The van der Waals surface area contributed by atoms with Crippen LogP contribution in [-0.4, -0.2) is 49.2 Å². The summed E-state index contributed by atoms with van der Waals surface area (Å²) in [7, 11) is 1.10. The normalized spacial score (nSPS) is 13.7. The molecule has 0 N–H and O–H groups in total. The van der Waals surface area contributed by atoms with E-state index >= 15 is 0 Å². The van der Waals surface area contributed by atoms with Gasteiger partial charge in [-0.2, -0.15) is 0 Å². The summed E-state index contributed by atoms with van der Waals surface area (Å²) in [5, 5.41) is 0. The molecule has 0 rings (SSSR count). The van der Waals surface area contributed by atoms with Gasteiger partial charge in [0.25, 0.3) is 0 Å². The van der Waals surface area contributed by atoms with Crippen LogP contribution in [0.4, 0.5) is 0 Å². The zero-order valence-corrected chi connectivity index (χ0v) is 16.4. The van der Waals surface area contributed by atoms with E-state index in [4.69, 9.17) is 18.3 Å². The van der Waals surface area contributed by atoms with E-state index in [0.29, 0.717) is 26.4 Å². The van der Waals surface area contributed by atoms with Gasteiger partial charge in [0, 0.05) is 14.2 Å². The first-order valence-corrected chi connectivity index (χ1v) is 10.0. The number of methoxy groups -OCH3 is 2. The van der Waals surface area contributed by atoms with Crippen LogP contribution in [-0.2, 0) is 18.3 Å². The van der Waals surface area contributed by atoms with Crippen LogP contribution < -0.4 is 0 Å². The number of hydrogen-bond donors (Lipinski definition) is 0. The molecular formula is C16H36O4Si. The summed E-state index contributed by atoms with van der Waals surface area (Å²) in [4.78, 5) is 0. The Bertz CT molecular complexity index is 240. The van der Waals surface area contributed by atoms with Crippen LogP contribution in [0.2, 0.25) is 12.1 Å². The maximum absolute atomic E-state index is 6.30. The number of hydrogen-bond acceptors (Lipinski definition) is 4. The van der Waals surface area contributed by atoms with Crippen molar-refractivity contribution in [3.05, 3.63) is 0 Å². The van der Waals surface area contributed by atoms with Gasteiger partial charge in [0.2, 0.25) is 0 Å². The van der Waals surface area contributed by atoms with Crippen molar-refractivity contribution in [3.63, 3.8) is 0 Å². The summed E-state index contributed by atoms with van der Waals surface area (Å²) < 4.78 is 22.9. The van der Waals surface area contributed by atoms with E-state index in [2.05, 4.69) is 41.5 Å². The minimum Gasteiger partial charge on any atom is -0.392 e. The van der Waals surface area contributed by atoms with E-state index in [1.807, 2.05) is 0 Å². The molecule has 0 bridgehead atoms. The average Bonchev–Trinajstić information content (AvgIpc) is 2.25. The SMILES string of the molecule is COCCO[Si](CC(C)(C)C)(CC(C)(C)C)OCCOC. The Hall–Kier alpha value is 0.0569. The fraction of sp³-hybridized carbons (Fsp3) is 1.00. The van der Waals surface area contributed by atoms with Gasteiger partial charge in [-0.1, -0.05) is 41.5 Å². The summed E-state index contributed by atoms with van der Waals surface area (Å²) in [6.07, 6.45) is 0. The first-order chi connectivity index (χ1) is 9.54. The van der Waals surface area contributed by atoms with Gasteiger partial charge in [0.05, 0.1) is 26.4 Å². The average molecular weight is 321 g/mol. The molecule has 0 saturated carbocycles. The first kappa shape index (κ1) is 21.1. The predicted octanol–water partition coefficient (Wildman–Crippen LogP) is 3.85. The third-order valence-electron chi connectivity index (χ3n) is 2.90. The minimum atomic E-state index is -2.30. The van der Waals surface area contributed by atoms with Crippen LogP contribution in [0.25, 0.3) is 0 Å². The maximum atomic E-state index is 6.30. The van der Waals surface area contributed by atoms with E-state index in [9.17, 15) is 0 Å². The molecule has 0 aromatic heterocycles. The molecule has 0 heterocycles. The van der Waals surface area contributed by atoms with Gasteiger partial charge in [-0.15, -0.1) is 0 Å². The zero-order valence-electron chi connectivity index (χ0n) is 15.4. The van der Waals surface area contributed by atoms with Crippen molar-refractivity contribution in [1.82, 2.24) is 0 Å². The van der Waals surface area contributed by atoms with E-state index in [-0.39, 0.29) is 10.8 Å². The molecule has 0 aliphatic rings. The fourth-order valence-electron chi connectivity index (χ4n) is 2.55. The van der Waals surface area contributed by atoms with Gasteiger partial charge < -0.3 is 18.3 Å². The zero-order chi connectivity index (χ0) is 16.6. The van der Waals surface area contributed by atoms with Crippen molar-refractivity contribution in [3.8, 4) is 0 Å². The highest BCUT2D eigenvalue weighted by Crippen LogP contribution is 2.37. The van der Waals surface area contributed by atoms with Gasteiger partial charge >= 0.3 is 8.56 Å². The Morgan fingerprint density at radius 3 is 1.19 bits per heavy atom. The summed E-state index contributed by atoms with van der Waals surface area (Å²) in [6.45, 7) is 15.9. The lowest BCUT2D eigenvalue weighted by molar-refractivity contribution is 0.0775. The largest absolute Gasteiger partial charge is 0.392 e.